The van der Waals surface area contributed by atoms with Crippen molar-refractivity contribution >= 4 is 16.7 Å². The smallest absolute Gasteiger partial charge is 0.124 e. The second-order valence-corrected chi connectivity index (χ2v) is 6.00. The van der Waals surface area contributed by atoms with Crippen LogP contribution in [0.3, 0.4) is 0 Å². The van der Waals surface area contributed by atoms with Crippen molar-refractivity contribution in [3.8, 4) is 0 Å². The van der Waals surface area contributed by atoms with Gasteiger partial charge in [-0.25, -0.2) is 9.37 Å². The molecule has 0 spiro atoms. The third-order valence-electron chi connectivity index (χ3n) is 4.08. The Balaban J connectivity index is 1.42. The highest BCUT2D eigenvalue weighted by atomic mass is 19.1. The number of nitrogens with zero attached hydrogens (tertiary/aromatic N) is 1. The van der Waals surface area contributed by atoms with Crippen LogP contribution in [0.1, 0.15) is 17.5 Å². The van der Waals surface area contributed by atoms with Crippen LogP contribution in [0.2, 0.25) is 0 Å². The maximum absolute atomic E-state index is 13.1. The van der Waals surface area contributed by atoms with Crippen LogP contribution in [-0.2, 0) is 12.8 Å². The third-order valence-corrected chi connectivity index (χ3v) is 4.08. The lowest BCUT2D eigenvalue weighted by molar-refractivity contribution is 0.620. The molecule has 124 valence electrons. The van der Waals surface area contributed by atoms with Crippen molar-refractivity contribution in [2.75, 3.05) is 18.8 Å². The predicted molar refractivity (Wildman–Crippen MR) is 97.5 cm³/mol. The zero-order chi connectivity index (χ0) is 16.8. The Morgan fingerprint density at radius 2 is 1.75 bits per heavy atom. The molecular formula is C20H22FN3. The molecule has 3 aromatic rings. The Labute approximate surface area is 141 Å². The molecule has 2 aromatic carbocycles. The molecule has 1 aromatic heterocycles. The van der Waals surface area contributed by atoms with E-state index in [1.54, 1.807) is 12.1 Å². The Bertz CT molecular complexity index is 817. The molecule has 0 aliphatic heterocycles. The van der Waals surface area contributed by atoms with Gasteiger partial charge in [-0.05, 0) is 73.8 Å². The van der Waals surface area contributed by atoms with Gasteiger partial charge in [0.2, 0.25) is 0 Å². The van der Waals surface area contributed by atoms with E-state index in [2.05, 4.69) is 28.5 Å². The summed E-state index contributed by atoms with van der Waals surface area (Å²) in [6.45, 7) is 1.84. The first kappa shape index (κ1) is 16.4. The summed E-state index contributed by atoms with van der Waals surface area (Å²) < 4.78 is 13.1. The van der Waals surface area contributed by atoms with E-state index >= 15 is 0 Å². The van der Waals surface area contributed by atoms with E-state index < -0.39 is 0 Å². The third kappa shape index (κ3) is 4.52. The number of benzene rings is 2. The highest BCUT2D eigenvalue weighted by Gasteiger charge is 2.00. The highest BCUT2D eigenvalue weighted by molar-refractivity contribution is 5.80. The minimum atomic E-state index is -0.161. The average Bonchev–Trinajstić information content (AvgIpc) is 2.57. The number of fused-ring (bicyclic) bond motifs is 1. The van der Waals surface area contributed by atoms with Crippen molar-refractivity contribution in [2.24, 2.45) is 0 Å². The minimum absolute atomic E-state index is 0.161. The van der Waals surface area contributed by atoms with Crippen LogP contribution in [0.5, 0.6) is 0 Å². The van der Waals surface area contributed by atoms with Gasteiger partial charge < -0.3 is 11.1 Å². The number of halogens is 1. The topological polar surface area (TPSA) is 50.9 Å². The first-order chi connectivity index (χ1) is 11.7. The molecule has 0 aliphatic rings. The predicted octanol–water partition coefficient (Wildman–Crippen LogP) is 3.72. The van der Waals surface area contributed by atoms with Gasteiger partial charge >= 0.3 is 0 Å². The molecule has 1 heterocycles. The maximum atomic E-state index is 13.1. The normalized spacial score (nSPS) is 11.0. The van der Waals surface area contributed by atoms with Gasteiger partial charge in [0.1, 0.15) is 11.6 Å². The van der Waals surface area contributed by atoms with Gasteiger partial charge in [-0.3, -0.25) is 0 Å². The van der Waals surface area contributed by atoms with Gasteiger partial charge in [-0.15, -0.1) is 0 Å². The first-order valence-electron chi connectivity index (χ1n) is 8.31. The van der Waals surface area contributed by atoms with Gasteiger partial charge in [-0.2, -0.15) is 0 Å². The minimum Gasteiger partial charge on any atom is -0.384 e. The van der Waals surface area contributed by atoms with E-state index in [1.165, 1.54) is 11.6 Å². The lowest BCUT2D eigenvalue weighted by Crippen LogP contribution is -2.19. The summed E-state index contributed by atoms with van der Waals surface area (Å²) in [4.78, 5) is 4.36. The zero-order valence-electron chi connectivity index (χ0n) is 13.6. The number of pyridine rings is 1. The van der Waals surface area contributed by atoms with Gasteiger partial charge in [0, 0.05) is 5.39 Å². The Hall–Kier alpha value is -2.46. The lowest BCUT2D eigenvalue weighted by Gasteiger charge is -2.07. The molecule has 3 N–H and O–H groups in total. The molecule has 0 saturated carbocycles. The second kappa shape index (κ2) is 7.88. The molecule has 24 heavy (non-hydrogen) atoms. The summed E-state index contributed by atoms with van der Waals surface area (Å²) in [6.07, 6.45) is 2.84. The van der Waals surface area contributed by atoms with Crippen molar-refractivity contribution in [2.45, 2.75) is 19.3 Å². The Kier molecular flexibility index (Phi) is 5.39. The van der Waals surface area contributed by atoms with Crippen LogP contribution >= 0.6 is 0 Å². The molecule has 4 heteroatoms. The average molecular weight is 323 g/mol. The first-order valence-corrected chi connectivity index (χ1v) is 8.31. The highest BCUT2D eigenvalue weighted by Crippen LogP contribution is 2.15. The number of nitrogen functional groups attached to an aromatic ring is 1. The summed E-state index contributed by atoms with van der Waals surface area (Å²) >= 11 is 0. The van der Waals surface area contributed by atoms with Crippen molar-refractivity contribution in [3.05, 3.63) is 71.5 Å². The Morgan fingerprint density at radius 1 is 0.917 bits per heavy atom. The van der Waals surface area contributed by atoms with Crippen LogP contribution in [0.25, 0.3) is 10.9 Å². The fourth-order valence-electron chi connectivity index (χ4n) is 2.80. The van der Waals surface area contributed by atoms with E-state index in [0.29, 0.717) is 5.82 Å². The largest absolute Gasteiger partial charge is 0.384 e. The molecule has 0 bridgehead atoms. The fourth-order valence-corrected chi connectivity index (χ4v) is 2.80. The van der Waals surface area contributed by atoms with Crippen LogP contribution in [0.4, 0.5) is 10.2 Å². The summed E-state index contributed by atoms with van der Waals surface area (Å²) in [7, 11) is 0. The van der Waals surface area contributed by atoms with E-state index in [9.17, 15) is 4.39 Å². The summed E-state index contributed by atoms with van der Waals surface area (Å²) in [6, 6.07) is 16.9. The number of nitrogens with two attached hydrogens (primary N) is 1. The van der Waals surface area contributed by atoms with E-state index in [0.717, 1.165) is 48.8 Å². The van der Waals surface area contributed by atoms with Gasteiger partial charge in [0.05, 0.1) is 5.52 Å². The lowest BCUT2D eigenvalue weighted by atomic mass is 10.1. The quantitative estimate of drug-likeness (QED) is 0.652. The molecule has 0 atom stereocenters. The standard InChI is InChI=1S/C20H22FN3/c21-18-5-1-3-15(13-18)4-2-11-23-12-10-16-6-7-17-8-9-20(22)24-19(17)14-16/h1,3,5-9,13-14,23H,2,4,10-12H2,(H2,22,24). The number of hydrogen-bond donors (Lipinski definition) is 2. The molecule has 0 aliphatic carbocycles. The molecule has 3 nitrogen and oxygen atoms in total. The number of rotatable bonds is 7. The zero-order valence-corrected chi connectivity index (χ0v) is 13.6. The second-order valence-electron chi connectivity index (χ2n) is 6.00. The van der Waals surface area contributed by atoms with Crippen LogP contribution in [0.15, 0.2) is 54.6 Å². The van der Waals surface area contributed by atoms with Crippen molar-refractivity contribution in [1.82, 2.24) is 10.3 Å². The van der Waals surface area contributed by atoms with Crippen LogP contribution < -0.4 is 11.1 Å². The van der Waals surface area contributed by atoms with E-state index in [1.807, 2.05) is 18.2 Å². The Morgan fingerprint density at radius 3 is 2.62 bits per heavy atom. The molecular weight excluding hydrogens is 301 g/mol. The van der Waals surface area contributed by atoms with Gasteiger partial charge in [-0.1, -0.05) is 24.3 Å². The van der Waals surface area contributed by atoms with Crippen molar-refractivity contribution < 1.29 is 4.39 Å². The summed E-state index contributed by atoms with van der Waals surface area (Å²) in [5.41, 5.74) is 8.98. The number of nitrogens with one attached hydrogen (secondary N) is 1. The molecule has 3 rings (SSSR count). The summed E-state index contributed by atoms with van der Waals surface area (Å²) in [5, 5.41) is 4.55. The van der Waals surface area contributed by atoms with E-state index in [4.69, 9.17) is 5.73 Å². The van der Waals surface area contributed by atoms with Gasteiger partial charge in [0.15, 0.2) is 0 Å². The number of anilines is 1. The molecule has 0 unspecified atom stereocenters. The van der Waals surface area contributed by atoms with Gasteiger partial charge in [0.25, 0.3) is 0 Å². The monoisotopic (exact) mass is 323 g/mol. The molecule has 0 fully saturated rings. The van der Waals surface area contributed by atoms with Crippen LogP contribution in [-0.4, -0.2) is 18.1 Å². The molecule has 0 saturated heterocycles. The molecule has 0 radical (unpaired) electrons. The maximum Gasteiger partial charge on any atom is 0.124 e. The number of aryl methyl sites for hydroxylation is 1. The molecule has 0 amide bonds. The van der Waals surface area contributed by atoms with Crippen LogP contribution in [0, 0.1) is 5.82 Å². The van der Waals surface area contributed by atoms with E-state index in [-0.39, 0.29) is 5.82 Å². The number of aromatic nitrogens is 1. The SMILES string of the molecule is Nc1ccc2ccc(CCNCCCc3cccc(F)c3)cc2n1. The fraction of sp³-hybridized carbons (Fsp3) is 0.250. The van der Waals surface area contributed by atoms with Crippen molar-refractivity contribution in [3.63, 3.8) is 0 Å². The number of hydrogen-bond acceptors (Lipinski definition) is 3. The van der Waals surface area contributed by atoms with Crippen molar-refractivity contribution in [1.29, 1.82) is 0 Å². The summed E-state index contributed by atoms with van der Waals surface area (Å²) in [5.74, 6) is 0.390.